The summed E-state index contributed by atoms with van der Waals surface area (Å²) in [5.74, 6) is 0.595. The van der Waals surface area contributed by atoms with Crippen LogP contribution in [0.3, 0.4) is 0 Å². The van der Waals surface area contributed by atoms with E-state index in [1.54, 1.807) is 0 Å². The van der Waals surface area contributed by atoms with Crippen molar-refractivity contribution in [2.75, 3.05) is 5.32 Å². The summed E-state index contributed by atoms with van der Waals surface area (Å²) in [6.07, 6.45) is 0.248. The lowest BCUT2D eigenvalue weighted by atomic mass is 10.1. The van der Waals surface area contributed by atoms with Crippen LogP contribution in [0.2, 0.25) is 0 Å². The lowest BCUT2D eigenvalue weighted by Gasteiger charge is -2.11. The second-order valence-corrected chi connectivity index (χ2v) is 7.65. The minimum absolute atomic E-state index is 0.0747. The van der Waals surface area contributed by atoms with Crippen molar-refractivity contribution >= 4 is 33.7 Å². The Kier molecular flexibility index (Phi) is 5.66. The van der Waals surface area contributed by atoms with E-state index < -0.39 is 0 Å². The molecule has 1 amide bonds. The van der Waals surface area contributed by atoms with E-state index in [1.807, 2.05) is 10.8 Å². The number of nitrogens with zero attached hydrogens (tertiary/aromatic N) is 2. The molecule has 1 unspecified atom stereocenters. The number of carbonyl (C=O) groups excluding carboxylic acids is 1. The monoisotopic (exact) mass is 338 g/mol. The molecule has 0 aliphatic heterocycles. The van der Waals surface area contributed by atoms with Gasteiger partial charge in [-0.1, -0.05) is 27.7 Å². The van der Waals surface area contributed by atoms with Crippen molar-refractivity contribution in [1.82, 2.24) is 9.97 Å². The van der Waals surface area contributed by atoms with E-state index in [0.717, 1.165) is 16.4 Å². The SMILES string of the molecule is CC(C)c1csc(NC(=O)Cc2csc(C(N)C(C)C)n2)n1. The van der Waals surface area contributed by atoms with Gasteiger partial charge in [0.05, 0.1) is 23.9 Å². The molecule has 2 aromatic rings. The molecule has 0 aliphatic carbocycles. The van der Waals surface area contributed by atoms with E-state index in [2.05, 4.69) is 43.0 Å². The van der Waals surface area contributed by atoms with Gasteiger partial charge in [0.25, 0.3) is 0 Å². The number of aromatic nitrogens is 2. The van der Waals surface area contributed by atoms with Crippen LogP contribution < -0.4 is 11.1 Å². The average Bonchev–Trinajstić information content (AvgIpc) is 3.07. The standard InChI is InChI=1S/C15H22N4OS2/c1-8(2)11-7-22-15(18-11)19-12(20)5-10-6-21-14(17-10)13(16)9(3)4/h6-9,13H,5,16H2,1-4H3,(H,18,19,20). The highest BCUT2D eigenvalue weighted by Crippen LogP contribution is 2.24. The van der Waals surface area contributed by atoms with Crippen LogP contribution in [-0.4, -0.2) is 15.9 Å². The Balaban J connectivity index is 1.94. The Morgan fingerprint density at radius 1 is 1.23 bits per heavy atom. The van der Waals surface area contributed by atoms with Crippen LogP contribution in [0, 0.1) is 5.92 Å². The average molecular weight is 339 g/mol. The lowest BCUT2D eigenvalue weighted by molar-refractivity contribution is -0.115. The van der Waals surface area contributed by atoms with E-state index in [4.69, 9.17) is 5.73 Å². The zero-order valence-corrected chi connectivity index (χ0v) is 14.9. The van der Waals surface area contributed by atoms with Gasteiger partial charge in [0.15, 0.2) is 5.13 Å². The maximum Gasteiger partial charge on any atom is 0.232 e. The second-order valence-electron chi connectivity index (χ2n) is 5.90. The topological polar surface area (TPSA) is 80.9 Å². The highest BCUT2D eigenvalue weighted by Gasteiger charge is 2.16. The molecular weight excluding hydrogens is 316 g/mol. The van der Waals surface area contributed by atoms with Crippen LogP contribution in [-0.2, 0) is 11.2 Å². The van der Waals surface area contributed by atoms with Gasteiger partial charge >= 0.3 is 0 Å². The van der Waals surface area contributed by atoms with Crippen LogP contribution in [0.4, 0.5) is 5.13 Å². The summed E-state index contributed by atoms with van der Waals surface area (Å²) in [7, 11) is 0. The number of carbonyl (C=O) groups is 1. The van der Waals surface area contributed by atoms with Crippen LogP contribution in [0.5, 0.6) is 0 Å². The van der Waals surface area contributed by atoms with Gasteiger partial charge in [-0.15, -0.1) is 22.7 Å². The van der Waals surface area contributed by atoms with Crippen molar-refractivity contribution in [2.45, 2.75) is 46.1 Å². The summed E-state index contributed by atoms with van der Waals surface area (Å²) >= 11 is 2.96. The van der Waals surface area contributed by atoms with Crippen molar-refractivity contribution in [2.24, 2.45) is 11.7 Å². The molecule has 2 rings (SSSR count). The third kappa shape index (κ3) is 4.34. The molecular formula is C15H22N4OS2. The normalized spacial score (nSPS) is 12.9. The third-order valence-electron chi connectivity index (χ3n) is 3.27. The van der Waals surface area contributed by atoms with Gasteiger partial charge in [-0.05, 0) is 11.8 Å². The molecule has 120 valence electrons. The number of thiazole rings is 2. The maximum atomic E-state index is 12.1. The number of amides is 1. The first-order chi connectivity index (χ1) is 10.4. The third-order valence-corrected chi connectivity index (χ3v) is 5.05. The fourth-order valence-corrected chi connectivity index (χ4v) is 3.66. The van der Waals surface area contributed by atoms with E-state index >= 15 is 0 Å². The molecule has 0 aromatic carbocycles. The molecule has 0 bridgehead atoms. The molecule has 0 spiro atoms. The molecule has 22 heavy (non-hydrogen) atoms. The second kappa shape index (κ2) is 7.30. The molecule has 0 fully saturated rings. The van der Waals surface area contributed by atoms with Gasteiger partial charge in [-0.3, -0.25) is 4.79 Å². The molecule has 7 heteroatoms. The van der Waals surface area contributed by atoms with Gasteiger partial charge < -0.3 is 11.1 Å². The van der Waals surface area contributed by atoms with Gasteiger partial charge in [-0.2, -0.15) is 0 Å². The molecule has 2 aromatic heterocycles. The highest BCUT2D eigenvalue weighted by atomic mass is 32.1. The Bertz CT molecular complexity index is 633. The summed E-state index contributed by atoms with van der Waals surface area (Å²) < 4.78 is 0. The first kappa shape index (κ1) is 17.1. The number of nitrogens with one attached hydrogen (secondary N) is 1. The summed E-state index contributed by atoms with van der Waals surface area (Å²) in [6.45, 7) is 8.28. The van der Waals surface area contributed by atoms with E-state index in [9.17, 15) is 4.79 Å². The summed E-state index contributed by atoms with van der Waals surface area (Å²) in [4.78, 5) is 20.9. The summed E-state index contributed by atoms with van der Waals surface area (Å²) in [6, 6.07) is -0.0747. The summed E-state index contributed by atoms with van der Waals surface area (Å²) in [5, 5.41) is 8.23. The number of rotatable bonds is 6. The zero-order valence-electron chi connectivity index (χ0n) is 13.3. The number of hydrogen-bond acceptors (Lipinski definition) is 6. The van der Waals surface area contributed by atoms with E-state index in [-0.39, 0.29) is 18.4 Å². The quantitative estimate of drug-likeness (QED) is 0.844. The van der Waals surface area contributed by atoms with Gasteiger partial charge in [0.2, 0.25) is 5.91 Å². The molecule has 0 radical (unpaired) electrons. The molecule has 0 aliphatic rings. The van der Waals surface area contributed by atoms with Crippen molar-refractivity contribution in [3.63, 3.8) is 0 Å². The highest BCUT2D eigenvalue weighted by molar-refractivity contribution is 7.14. The van der Waals surface area contributed by atoms with Crippen LogP contribution in [0.15, 0.2) is 10.8 Å². The molecule has 5 nitrogen and oxygen atoms in total. The smallest absolute Gasteiger partial charge is 0.232 e. The fraction of sp³-hybridized carbons (Fsp3) is 0.533. The zero-order chi connectivity index (χ0) is 16.3. The molecule has 2 heterocycles. The van der Waals surface area contributed by atoms with E-state index in [1.165, 1.54) is 22.7 Å². The van der Waals surface area contributed by atoms with Crippen molar-refractivity contribution in [1.29, 1.82) is 0 Å². The van der Waals surface area contributed by atoms with Crippen molar-refractivity contribution in [3.8, 4) is 0 Å². The minimum Gasteiger partial charge on any atom is -0.322 e. The van der Waals surface area contributed by atoms with Crippen molar-refractivity contribution < 1.29 is 4.79 Å². The Morgan fingerprint density at radius 2 is 1.95 bits per heavy atom. The minimum atomic E-state index is -0.0976. The first-order valence-corrected chi connectivity index (χ1v) is 9.08. The fourth-order valence-electron chi connectivity index (χ4n) is 1.78. The van der Waals surface area contributed by atoms with Crippen LogP contribution >= 0.6 is 22.7 Å². The van der Waals surface area contributed by atoms with Crippen molar-refractivity contribution in [3.05, 3.63) is 27.2 Å². The van der Waals surface area contributed by atoms with Crippen LogP contribution in [0.1, 0.15) is 56.1 Å². The predicted octanol–water partition coefficient (Wildman–Crippen LogP) is 3.56. The lowest BCUT2D eigenvalue weighted by Crippen LogP contribution is -2.17. The largest absolute Gasteiger partial charge is 0.322 e. The Morgan fingerprint density at radius 3 is 2.55 bits per heavy atom. The van der Waals surface area contributed by atoms with Gasteiger partial charge in [0.1, 0.15) is 5.01 Å². The maximum absolute atomic E-state index is 12.1. The number of nitrogens with two attached hydrogens (primary N) is 1. The molecule has 0 saturated carbocycles. The van der Waals surface area contributed by atoms with E-state index in [0.29, 0.717) is 17.0 Å². The number of hydrogen-bond donors (Lipinski definition) is 2. The molecule has 3 N–H and O–H groups in total. The Hall–Kier alpha value is -1.31. The first-order valence-electron chi connectivity index (χ1n) is 7.32. The predicted molar refractivity (Wildman–Crippen MR) is 92.4 cm³/mol. The Labute approximate surface area is 139 Å². The summed E-state index contributed by atoms with van der Waals surface area (Å²) in [5.41, 5.74) is 7.83. The van der Waals surface area contributed by atoms with Gasteiger partial charge in [0, 0.05) is 10.8 Å². The van der Waals surface area contributed by atoms with Gasteiger partial charge in [-0.25, -0.2) is 9.97 Å². The molecule has 1 atom stereocenters. The molecule has 0 saturated heterocycles. The number of anilines is 1. The van der Waals surface area contributed by atoms with Crippen LogP contribution in [0.25, 0.3) is 0 Å².